The van der Waals surface area contributed by atoms with Crippen molar-refractivity contribution in [3.05, 3.63) is 34.3 Å². The zero-order chi connectivity index (χ0) is 12.3. The molecule has 0 heterocycles. The SMILES string of the molecule is COC(C)(C)CC(N)c1ccc(C)c(Cl)c1. The molecule has 0 aliphatic carbocycles. The van der Waals surface area contributed by atoms with Crippen molar-refractivity contribution in [2.75, 3.05) is 7.11 Å². The Kier molecular flexibility index (Phi) is 4.36. The van der Waals surface area contributed by atoms with Crippen LogP contribution in [0.3, 0.4) is 0 Å². The lowest BCUT2D eigenvalue weighted by Crippen LogP contribution is -2.28. The van der Waals surface area contributed by atoms with Crippen molar-refractivity contribution in [1.29, 1.82) is 0 Å². The molecule has 0 spiro atoms. The molecule has 2 nitrogen and oxygen atoms in total. The minimum absolute atomic E-state index is 0.0481. The topological polar surface area (TPSA) is 35.2 Å². The standard InChI is InChI=1S/C13H20ClNO/c1-9-5-6-10(7-11(9)14)12(15)8-13(2,3)16-4/h5-7,12H,8,15H2,1-4H3. The van der Waals surface area contributed by atoms with Crippen molar-refractivity contribution >= 4 is 11.6 Å². The number of rotatable bonds is 4. The number of aryl methyl sites for hydroxylation is 1. The summed E-state index contributed by atoms with van der Waals surface area (Å²) in [4.78, 5) is 0. The summed E-state index contributed by atoms with van der Waals surface area (Å²) in [6, 6.07) is 5.91. The van der Waals surface area contributed by atoms with Gasteiger partial charge in [0.2, 0.25) is 0 Å². The second-order valence-corrected chi connectivity index (χ2v) is 5.19. The van der Waals surface area contributed by atoms with Crippen molar-refractivity contribution in [2.45, 2.75) is 38.8 Å². The Bertz CT molecular complexity index is 363. The zero-order valence-corrected chi connectivity index (χ0v) is 11.1. The summed E-state index contributed by atoms with van der Waals surface area (Å²) < 4.78 is 5.37. The molecule has 0 fully saturated rings. The van der Waals surface area contributed by atoms with E-state index in [1.54, 1.807) is 7.11 Å². The quantitative estimate of drug-likeness (QED) is 0.876. The fraction of sp³-hybridized carbons (Fsp3) is 0.538. The highest BCUT2D eigenvalue weighted by Crippen LogP contribution is 2.26. The van der Waals surface area contributed by atoms with E-state index >= 15 is 0 Å². The highest BCUT2D eigenvalue weighted by atomic mass is 35.5. The number of nitrogens with two attached hydrogens (primary N) is 1. The average Bonchev–Trinajstić information content (AvgIpc) is 2.21. The Labute approximate surface area is 103 Å². The lowest BCUT2D eigenvalue weighted by atomic mass is 9.94. The largest absolute Gasteiger partial charge is 0.379 e. The number of hydrogen-bond donors (Lipinski definition) is 1. The zero-order valence-electron chi connectivity index (χ0n) is 10.4. The third-order valence-electron chi connectivity index (χ3n) is 2.89. The number of halogens is 1. The summed E-state index contributed by atoms with van der Waals surface area (Å²) in [5, 5.41) is 0.767. The maximum atomic E-state index is 6.14. The molecule has 1 atom stereocenters. The molecule has 0 aliphatic heterocycles. The first-order valence-electron chi connectivity index (χ1n) is 5.42. The van der Waals surface area contributed by atoms with Crippen LogP contribution in [-0.2, 0) is 4.74 Å². The molecule has 2 N–H and O–H groups in total. The van der Waals surface area contributed by atoms with E-state index in [0.717, 1.165) is 22.6 Å². The number of ether oxygens (including phenoxy) is 1. The van der Waals surface area contributed by atoms with Gasteiger partial charge in [0.25, 0.3) is 0 Å². The summed E-state index contributed by atoms with van der Waals surface area (Å²) >= 11 is 6.08. The summed E-state index contributed by atoms with van der Waals surface area (Å²) in [5.41, 5.74) is 8.05. The molecule has 0 radical (unpaired) electrons. The van der Waals surface area contributed by atoms with Crippen molar-refractivity contribution in [3.63, 3.8) is 0 Å². The summed E-state index contributed by atoms with van der Waals surface area (Å²) in [6.45, 7) is 6.04. The normalized spacial score (nSPS) is 13.9. The van der Waals surface area contributed by atoms with Gasteiger partial charge in [-0.1, -0.05) is 23.7 Å². The molecule has 0 aliphatic rings. The smallest absolute Gasteiger partial charge is 0.0640 e. The van der Waals surface area contributed by atoms with Crippen molar-refractivity contribution in [2.24, 2.45) is 5.73 Å². The van der Waals surface area contributed by atoms with Gasteiger partial charge in [-0.25, -0.2) is 0 Å². The Hall–Kier alpha value is -0.570. The van der Waals surface area contributed by atoms with Crippen LogP contribution in [0, 0.1) is 6.92 Å². The fourth-order valence-electron chi connectivity index (χ4n) is 1.57. The molecule has 1 rings (SSSR count). The molecular weight excluding hydrogens is 222 g/mol. The van der Waals surface area contributed by atoms with Crippen LogP contribution in [0.4, 0.5) is 0 Å². The Balaban J connectivity index is 2.81. The van der Waals surface area contributed by atoms with E-state index in [-0.39, 0.29) is 11.6 Å². The van der Waals surface area contributed by atoms with Crippen molar-refractivity contribution in [1.82, 2.24) is 0 Å². The summed E-state index contributed by atoms with van der Waals surface area (Å²) in [7, 11) is 1.70. The van der Waals surface area contributed by atoms with Crippen LogP contribution >= 0.6 is 11.6 Å². The monoisotopic (exact) mass is 241 g/mol. The fourth-order valence-corrected chi connectivity index (χ4v) is 1.76. The van der Waals surface area contributed by atoms with Crippen molar-refractivity contribution < 1.29 is 4.74 Å². The predicted octanol–water partition coefficient (Wildman–Crippen LogP) is 3.46. The molecule has 0 aromatic heterocycles. The van der Waals surface area contributed by atoms with E-state index in [1.165, 1.54) is 0 Å². The minimum atomic E-state index is -0.212. The van der Waals surface area contributed by atoms with Gasteiger partial charge in [-0.15, -0.1) is 0 Å². The summed E-state index contributed by atoms with van der Waals surface area (Å²) in [5.74, 6) is 0. The number of hydrogen-bond acceptors (Lipinski definition) is 2. The molecule has 1 aromatic rings. The third-order valence-corrected chi connectivity index (χ3v) is 3.30. The lowest BCUT2D eigenvalue weighted by Gasteiger charge is -2.26. The van der Waals surface area contributed by atoms with E-state index < -0.39 is 0 Å². The van der Waals surface area contributed by atoms with E-state index in [4.69, 9.17) is 22.1 Å². The molecule has 0 saturated heterocycles. The molecule has 1 aromatic carbocycles. The van der Waals surface area contributed by atoms with Crippen LogP contribution in [0.5, 0.6) is 0 Å². The van der Waals surface area contributed by atoms with Gasteiger partial charge < -0.3 is 10.5 Å². The number of benzene rings is 1. The van der Waals surface area contributed by atoms with Crippen LogP contribution < -0.4 is 5.73 Å². The van der Waals surface area contributed by atoms with Gasteiger partial charge in [-0.05, 0) is 44.4 Å². The van der Waals surface area contributed by atoms with Crippen molar-refractivity contribution in [3.8, 4) is 0 Å². The van der Waals surface area contributed by atoms with E-state index in [1.807, 2.05) is 39.0 Å². The molecule has 0 saturated carbocycles. The molecule has 90 valence electrons. The van der Waals surface area contributed by atoms with E-state index in [2.05, 4.69) is 0 Å². The highest BCUT2D eigenvalue weighted by Gasteiger charge is 2.21. The molecule has 3 heteroatoms. The maximum Gasteiger partial charge on any atom is 0.0640 e. The van der Waals surface area contributed by atoms with Gasteiger partial charge in [0, 0.05) is 18.2 Å². The number of methoxy groups -OCH3 is 1. The van der Waals surface area contributed by atoms with Crippen LogP contribution in [-0.4, -0.2) is 12.7 Å². The first-order valence-corrected chi connectivity index (χ1v) is 5.80. The average molecular weight is 242 g/mol. The predicted molar refractivity (Wildman–Crippen MR) is 68.8 cm³/mol. The van der Waals surface area contributed by atoms with E-state index in [9.17, 15) is 0 Å². The van der Waals surface area contributed by atoms with Crippen LogP contribution in [0.25, 0.3) is 0 Å². The second-order valence-electron chi connectivity index (χ2n) is 4.78. The first kappa shape index (κ1) is 13.5. The Morgan fingerprint density at radius 1 is 1.44 bits per heavy atom. The molecule has 16 heavy (non-hydrogen) atoms. The maximum absolute atomic E-state index is 6.14. The van der Waals surface area contributed by atoms with Crippen LogP contribution in [0.15, 0.2) is 18.2 Å². The minimum Gasteiger partial charge on any atom is -0.379 e. The van der Waals surface area contributed by atoms with Crippen LogP contribution in [0.2, 0.25) is 5.02 Å². The van der Waals surface area contributed by atoms with Gasteiger partial charge in [0.05, 0.1) is 5.60 Å². The van der Waals surface area contributed by atoms with Gasteiger partial charge in [-0.3, -0.25) is 0 Å². The molecule has 1 unspecified atom stereocenters. The summed E-state index contributed by atoms with van der Waals surface area (Å²) in [6.07, 6.45) is 0.767. The van der Waals surface area contributed by atoms with Gasteiger partial charge >= 0.3 is 0 Å². The second kappa shape index (κ2) is 5.17. The lowest BCUT2D eigenvalue weighted by molar-refractivity contribution is 0.00995. The molecule has 0 bridgehead atoms. The Morgan fingerprint density at radius 3 is 2.56 bits per heavy atom. The molecule has 0 amide bonds. The highest BCUT2D eigenvalue weighted by molar-refractivity contribution is 6.31. The van der Waals surface area contributed by atoms with Gasteiger partial charge in [0.1, 0.15) is 0 Å². The third kappa shape index (κ3) is 3.48. The van der Waals surface area contributed by atoms with Crippen LogP contribution in [0.1, 0.15) is 37.4 Å². The first-order chi connectivity index (χ1) is 7.35. The van der Waals surface area contributed by atoms with Gasteiger partial charge in [0.15, 0.2) is 0 Å². The molecular formula is C13H20ClNO. The van der Waals surface area contributed by atoms with E-state index in [0.29, 0.717) is 0 Å². The van der Waals surface area contributed by atoms with Gasteiger partial charge in [-0.2, -0.15) is 0 Å². The Morgan fingerprint density at radius 2 is 2.06 bits per heavy atom.